The van der Waals surface area contributed by atoms with Gasteiger partial charge < -0.3 is 33.7 Å². The minimum Gasteiger partial charge on any atom is -0.497 e. The van der Waals surface area contributed by atoms with E-state index in [0.29, 0.717) is 36.6 Å². The fourth-order valence-corrected chi connectivity index (χ4v) is 4.68. The molecule has 220 valence electrons. The number of anilines is 1. The molecule has 0 spiro atoms. The van der Waals surface area contributed by atoms with Crippen LogP contribution in [0, 0.1) is 5.82 Å². The van der Waals surface area contributed by atoms with Gasteiger partial charge in [0.2, 0.25) is 5.43 Å². The number of halogens is 1. The number of aromatic nitrogens is 2. The minimum atomic E-state index is -0.810. The third-order valence-corrected chi connectivity index (χ3v) is 6.52. The van der Waals surface area contributed by atoms with Crippen molar-refractivity contribution < 1.29 is 32.9 Å². The van der Waals surface area contributed by atoms with Crippen molar-refractivity contribution in [3.63, 3.8) is 0 Å². The number of rotatable bonds is 8. The highest BCUT2D eigenvalue weighted by Crippen LogP contribution is 2.28. The van der Waals surface area contributed by atoms with Gasteiger partial charge >= 0.3 is 12.1 Å². The molecule has 0 bridgehead atoms. The van der Waals surface area contributed by atoms with Crippen LogP contribution in [0.5, 0.6) is 11.5 Å². The quantitative estimate of drug-likeness (QED) is 0.402. The van der Waals surface area contributed by atoms with Gasteiger partial charge in [0.05, 0.1) is 38.8 Å². The summed E-state index contributed by atoms with van der Waals surface area (Å²) in [4.78, 5) is 44.5. The van der Waals surface area contributed by atoms with E-state index < -0.39 is 28.9 Å². The predicted octanol–water partition coefficient (Wildman–Crippen LogP) is 3.88. The van der Waals surface area contributed by atoms with E-state index in [1.807, 2.05) is 0 Å². The van der Waals surface area contributed by atoms with Crippen molar-refractivity contribution in [3.8, 4) is 11.5 Å². The number of esters is 1. The zero-order valence-electron chi connectivity index (χ0n) is 24.1. The molecule has 1 aliphatic rings. The molecule has 0 unspecified atom stereocenters. The highest BCUT2D eigenvalue weighted by atomic mass is 19.1. The van der Waals surface area contributed by atoms with Crippen LogP contribution in [0.4, 0.5) is 15.0 Å². The Bertz CT molecular complexity index is 1520. The van der Waals surface area contributed by atoms with Crippen molar-refractivity contribution in [2.75, 3.05) is 38.8 Å². The Balaban J connectivity index is 1.75. The number of ether oxygens (including phenoxy) is 4. The number of hydrogen-bond acceptors (Lipinski definition) is 9. The lowest BCUT2D eigenvalue weighted by atomic mass is 10.1. The Morgan fingerprint density at radius 3 is 2.59 bits per heavy atom. The molecule has 1 amide bonds. The number of carbonyl (C=O) groups is 2. The molecule has 1 aromatic carbocycles. The van der Waals surface area contributed by atoms with Crippen molar-refractivity contribution in [1.82, 2.24) is 14.9 Å². The van der Waals surface area contributed by atoms with Crippen LogP contribution in [0.25, 0.3) is 11.0 Å². The van der Waals surface area contributed by atoms with Crippen molar-refractivity contribution in [2.24, 2.45) is 0 Å². The van der Waals surface area contributed by atoms with Crippen LogP contribution in [0.3, 0.4) is 0 Å². The topological polar surface area (TPSA) is 121 Å². The third kappa shape index (κ3) is 6.69. The molecule has 1 aliphatic heterocycles. The number of hydrogen-bond donors (Lipinski definition) is 1. The van der Waals surface area contributed by atoms with Crippen LogP contribution in [0.1, 0.15) is 50.0 Å². The first-order valence-corrected chi connectivity index (χ1v) is 13.3. The van der Waals surface area contributed by atoms with Gasteiger partial charge in [-0.05, 0) is 52.3 Å². The van der Waals surface area contributed by atoms with Crippen molar-refractivity contribution in [3.05, 3.63) is 57.6 Å². The molecule has 4 rings (SSSR count). The van der Waals surface area contributed by atoms with E-state index in [2.05, 4.69) is 10.3 Å². The monoisotopic (exact) mass is 570 g/mol. The zero-order valence-corrected chi connectivity index (χ0v) is 24.1. The molecule has 1 N–H and O–H groups in total. The smallest absolute Gasteiger partial charge is 0.407 e. The van der Waals surface area contributed by atoms with E-state index in [1.54, 1.807) is 62.5 Å². The van der Waals surface area contributed by atoms with E-state index in [0.717, 1.165) is 6.07 Å². The molecular weight excluding hydrogens is 535 g/mol. The Morgan fingerprint density at radius 1 is 1.17 bits per heavy atom. The average Bonchev–Trinajstić information content (AvgIpc) is 3.37. The third-order valence-electron chi connectivity index (χ3n) is 6.52. The second kappa shape index (κ2) is 12.0. The van der Waals surface area contributed by atoms with Crippen LogP contribution in [0.15, 0.2) is 35.3 Å². The number of amides is 1. The fraction of sp³-hybridized carbons (Fsp3) is 0.448. The van der Waals surface area contributed by atoms with Gasteiger partial charge in [0.25, 0.3) is 0 Å². The number of alkyl carbamates (subject to hydrolysis) is 1. The average molecular weight is 571 g/mol. The van der Waals surface area contributed by atoms with Crippen LogP contribution in [-0.4, -0.2) is 67.2 Å². The molecule has 1 atom stereocenters. The van der Waals surface area contributed by atoms with Crippen LogP contribution in [0.2, 0.25) is 0 Å². The first-order valence-electron chi connectivity index (χ1n) is 13.3. The highest BCUT2D eigenvalue weighted by molar-refractivity contribution is 5.93. The number of nitrogens with zero attached hydrogens (tertiary/aromatic N) is 3. The lowest BCUT2D eigenvalue weighted by Gasteiger charge is -2.23. The molecular formula is C29H35FN4O7. The number of fused-ring (bicyclic) bond motifs is 1. The Labute approximate surface area is 237 Å². The maximum atomic E-state index is 15.5. The normalized spacial score (nSPS) is 15.1. The molecule has 1 fully saturated rings. The number of methoxy groups -OCH3 is 2. The fourth-order valence-electron chi connectivity index (χ4n) is 4.68. The van der Waals surface area contributed by atoms with E-state index in [4.69, 9.17) is 18.9 Å². The molecule has 0 radical (unpaired) electrons. The summed E-state index contributed by atoms with van der Waals surface area (Å²) < 4.78 is 38.3. The molecule has 3 heterocycles. The first kappa shape index (κ1) is 29.6. The number of benzene rings is 1. The summed E-state index contributed by atoms with van der Waals surface area (Å²) in [7, 11) is 3.06. The second-order valence-electron chi connectivity index (χ2n) is 10.6. The van der Waals surface area contributed by atoms with Crippen molar-refractivity contribution in [2.45, 2.75) is 52.3 Å². The molecule has 12 heteroatoms. The van der Waals surface area contributed by atoms with Crippen molar-refractivity contribution >= 4 is 28.9 Å². The SMILES string of the molecule is CCOC(=O)c1cn(Cc2ccc(OC)cc2OC)c2nc(N3CC[C@H](NC(=O)OC(C)(C)C)C3)c(F)cc2c1=O. The first-order chi connectivity index (χ1) is 19.4. The highest BCUT2D eigenvalue weighted by Gasteiger charge is 2.29. The van der Waals surface area contributed by atoms with E-state index in [-0.39, 0.29) is 41.6 Å². The molecule has 3 aromatic rings. The number of nitrogens with one attached hydrogen (secondary N) is 1. The molecule has 2 aromatic heterocycles. The summed E-state index contributed by atoms with van der Waals surface area (Å²) in [5.41, 5.74) is -0.666. The Kier molecular flexibility index (Phi) is 8.69. The Hall–Kier alpha value is -4.35. The summed E-state index contributed by atoms with van der Waals surface area (Å²) in [6.45, 7) is 7.90. The standard InChI is InChI=1S/C29H35FN4O7/c1-7-40-27(36)21-16-34(14-17-8-9-19(38-5)12-23(17)39-6)25-20(24(21)35)13-22(30)26(32-25)33-11-10-18(15-33)31-28(37)41-29(2,3)4/h8-9,12-13,16,18H,7,10-11,14-15H2,1-6H3,(H,31,37)/t18-/m0/s1. The lowest BCUT2D eigenvalue weighted by molar-refractivity contribution is 0.0503. The van der Waals surface area contributed by atoms with E-state index in [9.17, 15) is 14.4 Å². The van der Waals surface area contributed by atoms with E-state index in [1.165, 1.54) is 13.3 Å². The summed E-state index contributed by atoms with van der Waals surface area (Å²) >= 11 is 0. The molecule has 11 nitrogen and oxygen atoms in total. The molecule has 0 saturated carbocycles. The van der Waals surface area contributed by atoms with Gasteiger partial charge in [0.15, 0.2) is 11.6 Å². The van der Waals surface area contributed by atoms with Gasteiger partial charge in [-0.2, -0.15) is 0 Å². The number of carbonyl (C=O) groups excluding carboxylic acids is 2. The van der Waals surface area contributed by atoms with E-state index >= 15 is 4.39 Å². The van der Waals surface area contributed by atoms with Gasteiger partial charge in [-0.1, -0.05) is 0 Å². The lowest BCUT2D eigenvalue weighted by Crippen LogP contribution is -2.40. The summed E-state index contributed by atoms with van der Waals surface area (Å²) in [5, 5.41) is 2.75. The van der Waals surface area contributed by atoms with Crippen LogP contribution < -0.4 is 25.1 Å². The minimum absolute atomic E-state index is 0.0321. The number of pyridine rings is 2. The van der Waals surface area contributed by atoms with Crippen LogP contribution >= 0.6 is 0 Å². The van der Waals surface area contributed by atoms with Gasteiger partial charge in [-0.25, -0.2) is 19.0 Å². The maximum Gasteiger partial charge on any atom is 0.407 e. The van der Waals surface area contributed by atoms with Crippen LogP contribution in [-0.2, 0) is 16.0 Å². The second-order valence-corrected chi connectivity index (χ2v) is 10.6. The molecule has 0 aliphatic carbocycles. The summed E-state index contributed by atoms with van der Waals surface area (Å²) in [6.07, 6.45) is 1.37. The van der Waals surface area contributed by atoms with Gasteiger partial charge in [0, 0.05) is 30.9 Å². The van der Waals surface area contributed by atoms with Gasteiger partial charge in [-0.15, -0.1) is 0 Å². The maximum absolute atomic E-state index is 15.5. The zero-order chi connectivity index (χ0) is 29.9. The Morgan fingerprint density at radius 2 is 1.93 bits per heavy atom. The van der Waals surface area contributed by atoms with Gasteiger partial charge in [-0.3, -0.25) is 4.79 Å². The van der Waals surface area contributed by atoms with Crippen molar-refractivity contribution in [1.29, 1.82) is 0 Å². The largest absolute Gasteiger partial charge is 0.497 e. The predicted molar refractivity (Wildman–Crippen MR) is 151 cm³/mol. The summed E-state index contributed by atoms with van der Waals surface area (Å²) in [5.74, 6) is -0.387. The summed E-state index contributed by atoms with van der Waals surface area (Å²) in [6, 6.07) is 6.09. The van der Waals surface area contributed by atoms with Gasteiger partial charge in [0.1, 0.15) is 28.3 Å². The molecule has 1 saturated heterocycles. The molecule has 41 heavy (non-hydrogen) atoms.